The standard InChI is InChI=1S/C27H22ClN3O4/c1-34-25-15-20-8-6-5-7-19(20)14-22(25)27(33)31-29-16-18-11-12-24(23(28)13-18)35-17-26(32)30-21-9-3-2-4-10-21/h2-16H,17H2,1H3,(H,30,32)(H,31,33). The Balaban J connectivity index is 1.36. The zero-order valence-electron chi connectivity index (χ0n) is 18.8. The molecule has 0 aliphatic carbocycles. The molecule has 4 aromatic rings. The number of amides is 2. The van der Waals surface area contributed by atoms with Gasteiger partial charge >= 0.3 is 0 Å². The van der Waals surface area contributed by atoms with Gasteiger partial charge < -0.3 is 14.8 Å². The Labute approximate surface area is 207 Å². The van der Waals surface area contributed by atoms with Gasteiger partial charge in [0, 0.05) is 5.69 Å². The van der Waals surface area contributed by atoms with Gasteiger partial charge in [-0.15, -0.1) is 0 Å². The zero-order chi connectivity index (χ0) is 24.6. The highest BCUT2D eigenvalue weighted by atomic mass is 35.5. The molecule has 176 valence electrons. The third-order valence-corrected chi connectivity index (χ3v) is 5.36. The lowest BCUT2D eigenvalue weighted by Gasteiger charge is -2.10. The number of ether oxygens (including phenoxy) is 2. The molecule has 4 rings (SSSR count). The first-order chi connectivity index (χ1) is 17.0. The zero-order valence-corrected chi connectivity index (χ0v) is 19.6. The van der Waals surface area contributed by atoms with Crippen molar-refractivity contribution in [3.05, 3.63) is 101 Å². The Morgan fingerprint density at radius 3 is 2.34 bits per heavy atom. The number of nitrogens with one attached hydrogen (secondary N) is 2. The maximum atomic E-state index is 12.7. The number of hydrazone groups is 1. The van der Waals surface area contributed by atoms with Gasteiger partial charge in [0.15, 0.2) is 6.61 Å². The Bertz CT molecular complexity index is 1390. The van der Waals surface area contributed by atoms with Crippen molar-refractivity contribution in [3.8, 4) is 11.5 Å². The van der Waals surface area contributed by atoms with Crippen LogP contribution in [0.25, 0.3) is 10.8 Å². The lowest BCUT2D eigenvalue weighted by Crippen LogP contribution is -2.20. The fraction of sp³-hybridized carbons (Fsp3) is 0.0741. The van der Waals surface area contributed by atoms with Crippen molar-refractivity contribution in [2.75, 3.05) is 19.0 Å². The van der Waals surface area contributed by atoms with E-state index in [0.29, 0.717) is 33.3 Å². The molecule has 0 spiro atoms. The van der Waals surface area contributed by atoms with E-state index < -0.39 is 5.91 Å². The first-order valence-corrected chi connectivity index (χ1v) is 11.1. The van der Waals surface area contributed by atoms with Crippen LogP contribution in [0.15, 0.2) is 90.0 Å². The number of fused-ring (bicyclic) bond motifs is 1. The van der Waals surface area contributed by atoms with E-state index in [1.165, 1.54) is 13.3 Å². The van der Waals surface area contributed by atoms with Crippen molar-refractivity contribution in [2.45, 2.75) is 0 Å². The molecule has 2 N–H and O–H groups in total. The van der Waals surface area contributed by atoms with Crippen LogP contribution in [0, 0.1) is 0 Å². The monoisotopic (exact) mass is 487 g/mol. The summed E-state index contributed by atoms with van der Waals surface area (Å²) in [5.41, 5.74) is 4.20. The molecule has 4 aromatic carbocycles. The van der Waals surface area contributed by atoms with Crippen LogP contribution in [0.1, 0.15) is 15.9 Å². The Kier molecular flexibility index (Phi) is 7.60. The molecular formula is C27H22ClN3O4. The second kappa shape index (κ2) is 11.2. The van der Waals surface area contributed by atoms with E-state index in [1.807, 2.05) is 48.5 Å². The van der Waals surface area contributed by atoms with Crippen molar-refractivity contribution < 1.29 is 19.1 Å². The minimum atomic E-state index is -0.403. The van der Waals surface area contributed by atoms with Crippen LogP contribution in [0.5, 0.6) is 11.5 Å². The molecule has 0 aliphatic heterocycles. The number of para-hydroxylation sites is 1. The summed E-state index contributed by atoms with van der Waals surface area (Å²) in [5.74, 6) is 0.110. The Morgan fingerprint density at radius 2 is 1.63 bits per heavy atom. The SMILES string of the molecule is COc1cc2ccccc2cc1C(=O)NN=Cc1ccc(OCC(=O)Nc2ccccc2)c(Cl)c1. The third-order valence-electron chi connectivity index (χ3n) is 5.06. The Hall–Kier alpha value is -4.36. The lowest BCUT2D eigenvalue weighted by molar-refractivity contribution is -0.118. The van der Waals surface area contributed by atoms with Crippen LogP contribution in [0.3, 0.4) is 0 Å². The van der Waals surface area contributed by atoms with Gasteiger partial charge in [-0.05, 0) is 58.8 Å². The summed E-state index contributed by atoms with van der Waals surface area (Å²) in [6.45, 7) is -0.189. The van der Waals surface area contributed by atoms with E-state index in [0.717, 1.165) is 10.8 Å². The highest BCUT2D eigenvalue weighted by molar-refractivity contribution is 6.32. The number of hydrogen-bond donors (Lipinski definition) is 2. The van der Waals surface area contributed by atoms with Crippen LogP contribution in [-0.2, 0) is 4.79 Å². The van der Waals surface area contributed by atoms with Crippen molar-refractivity contribution in [1.82, 2.24) is 5.43 Å². The van der Waals surface area contributed by atoms with Crippen molar-refractivity contribution in [1.29, 1.82) is 0 Å². The normalized spacial score (nSPS) is 10.8. The number of methoxy groups -OCH3 is 1. The molecule has 0 unspecified atom stereocenters. The van der Waals surface area contributed by atoms with Crippen LogP contribution < -0.4 is 20.2 Å². The molecule has 0 bridgehead atoms. The minimum Gasteiger partial charge on any atom is -0.496 e. The van der Waals surface area contributed by atoms with E-state index in [9.17, 15) is 9.59 Å². The average molecular weight is 488 g/mol. The number of halogens is 1. The van der Waals surface area contributed by atoms with Crippen LogP contribution in [0.4, 0.5) is 5.69 Å². The molecule has 8 heteroatoms. The quantitative estimate of drug-likeness (QED) is 0.261. The summed E-state index contributed by atoms with van der Waals surface area (Å²) in [6, 6.07) is 25.3. The van der Waals surface area contributed by atoms with E-state index in [-0.39, 0.29) is 12.5 Å². The molecule has 2 amide bonds. The topological polar surface area (TPSA) is 89.0 Å². The average Bonchev–Trinajstić information content (AvgIpc) is 2.88. The molecule has 0 aliphatic rings. The van der Waals surface area contributed by atoms with Gasteiger partial charge in [0.2, 0.25) is 0 Å². The molecule has 0 fully saturated rings. The maximum absolute atomic E-state index is 12.7. The van der Waals surface area contributed by atoms with E-state index >= 15 is 0 Å². The molecule has 0 heterocycles. The first-order valence-electron chi connectivity index (χ1n) is 10.7. The van der Waals surface area contributed by atoms with Crippen molar-refractivity contribution >= 4 is 46.1 Å². The van der Waals surface area contributed by atoms with Crippen LogP contribution in [-0.4, -0.2) is 31.7 Å². The fourth-order valence-electron chi connectivity index (χ4n) is 3.37. The summed E-state index contributed by atoms with van der Waals surface area (Å²) in [6.07, 6.45) is 1.46. The number of carbonyl (C=O) groups is 2. The molecule has 0 saturated heterocycles. The van der Waals surface area contributed by atoms with Crippen LogP contribution in [0.2, 0.25) is 5.02 Å². The largest absolute Gasteiger partial charge is 0.496 e. The van der Waals surface area contributed by atoms with Crippen LogP contribution >= 0.6 is 11.6 Å². The predicted octanol–water partition coefficient (Wildman–Crippen LogP) is 5.28. The summed E-state index contributed by atoms with van der Waals surface area (Å²) in [5, 5.41) is 8.96. The number of rotatable bonds is 8. The number of carbonyl (C=O) groups excluding carboxylic acids is 2. The first kappa shape index (κ1) is 23.8. The van der Waals surface area contributed by atoms with Crippen molar-refractivity contribution in [3.63, 3.8) is 0 Å². The number of anilines is 1. The fourth-order valence-corrected chi connectivity index (χ4v) is 3.61. The maximum Gasteiger partial charge on any atom is 0.275 e. The smallest absolute Gasteiger partial charge is 0.275 e. The summed E-state index contributed by atoms with van der Waals surface area (Å²) in [7, 11) is 1.51. The van der Waals surface area contributed by atoms with Gasteiger partial charge in [-0.25, -0.2) is 5.43 Å². The number of hydrogen-bond acceptors (Lipinski definition) is 5. The van der Waals surface area contributed by atoms with Gasteiger partial charge in [-0.2, -0.15) is 5.10 Å². The van der Waals surface area contributed by atoms with E-state index in [4.69, 9.17) is 21.1 Å². The predicted molar refractivity (Wildman–Crippen MR) is 138 cm³/mol. The Morgan fingerprint density at radius 1 is 0.914 bits per heavy atom. The van der Waals surface area contributed by atoms with E-state index in [1.54, 1.807) is 36.4 Å². The second-order valence-corrected chi connectivity index (χ2v) is 7.90. The van der Waals surface area contributed by atoms with Gasteiger partial charge in [-0.3, -0.25) is 9.59 Å². The molecule has 0 aromatic heterocycles. The van der Waals surface area contributed by atoms with Gasteiger partial charge in [0.05, 0.1) is 23.9 Å². The minimum absolute atomic E-state index is 0.189. The van der Waals surface area contributed by atoms with Crippen molar-refractivity contribution in [2.24, 2.45) is 5.10 Å². The van der Waals surface area contributed by atoms with Gasteiger partial charge in [0.25, 0.3) is 11.8 Å². The molecule has 7 nitrogen and oxygen atoms in total. The summed E-state index contributed by atoms with van der Waals surface area (Å²) in [4.78, 5) is 24.7. The lowest BCUT2D eigenvalue weighted by atomic mass is 10.1. The second-order valence-electron chi connectivity index (χ2n) is 7.49. The van der Waals surface area contributed by atoms with Gasteiger partial charge in [0.1, 0.15) is 11.5 Å². The molecule has 0 radical (unpaired) electrons. The van der Waals surface area contributed by atoms with E-state index in [2.05, 4.69) is 15.8 Å². The molecule has 0 atom stereocenters. The molecule has 0 saturated carbocycles. The van der Waals surface area contributed by atoms with Gasteiger partial charge in [-0.1, -0.05) is 54.1 Å². The number of nitrogens with zero attached hydrogens (tertiary/aromatic N) is 1. The summed E-state index contributed by atoms with van der Waals surface area (Å²) >= 11 is 6.28. The highest BCUT2D eigenvalue weighted by Gasteiger charge is 2.13. The molecule has 35 heavy (non-hydrogen) atoms. The summed E-state index contributed by atoms with van der Waals surface area (Å²) < 4.78 is 10.9. The molecular weight excluding hydrogens is 466 g/mol. The third kappa shape index (κ3) is 6.16. The number of benzene rings is 4. The highest BCUT2D eigenvalue weighted by Crippen LogP contribution is 2.26.